The molecule has 0 aliphatic carbocycles. The van der Waals surface area contributed by atoms with Crippen molar-refractivity contribution in [3.05, 3.63) is 96.1 Å². The first-order chi connectivity index (χ1) is 16.6. The van der Waals surface area contributed by atoms with Gasteiger partial charge < -0.3 is 0 Å². The van der Waals surface area contributed by atoms with E-state index in [-0.39, 0.29) is 11.6 Å². The normalized spacial score (nSPS) is 8.88. The Labute approximate surface area is 203 Å². The molecule has 0 bridgehead atoms. The minimum atomic E-state index is -0.281. The van der Waals surface area contributed by atoms with Gasteiger partial charge >= 0.3 is 0 Å². The van der Waals surface area contributed by atoms with E-state index >= 15 is 0 Å². The maximum absolute atomic E-state index is 13.5. The van der Waals surface area contributed by atoms with Crippen LogP contribution in [0, 0.1) is 25.5 Å². The van der Waals surface area contributed by atoms with Gasteiger partial charge in [0.25, 0.3) is 0 Å². The zero-order chi connectivity index (χ0) is 25.9. The zero-order valence-electron chi connectivity index (χ0n) is 21.5. The van der Waals surface area contributed by atoms with Crippen molar-refractivity contribution in [2.45, 2.75) is 55.4 Å². The van der Waals surface area contributed by atoms with Gasteiger partial charge in [-0.15, -0.1) is 0 Å². The molecule has 0 atom stereocenters. The molecule has 4 rings (SSSR count). The molecule has 0 unspecified atom stereocenters. The second-order valence-corrected chi connectivity index (χ2v) is 6.04. The molecule has 0 saturated heterocycles. The summed E-state index contributed by atoms with van der Waals surface area (Å²) in [7, 11) is 0. The van der Waals surface area contributed by atoms with Crippen molar-refractivity contribution in [2.75, 3.05) is 0 Å². The molecule has 0 fully saturated rings. The van der Waals surface area contributed by atoms with Gasteiger partial charge in [0.05, 0.1) is 5.56 Å². The molecule has 0 N–H and O–H groups in total. The topological polar surface area (TPSA) is 51.6 Å². The predicted molar refractivity (Wildman–Crippen MR) is 138 cm³/mol. The second-order valence-electron chi connectivity index (χ2n) is 6.04. The molecular weight excluding hydrogens is 430 g/mol. The number of nitrogens with zero attached hydrogens (tertiary/aromatic N) is 4. The Hall–Kier alpha value is -3.54. The van der Waals surface area contributed by atoms with Gasteiger partial charge in [-0.05, 0) is 55.3 Å². The SMILES string of the molecule is CC.CC.CC.Cc1ccc(F)cc1-c1ncccn1.Cc1cccc(F)c1-c1ncccn1. The summed E-state index contributed by atoms with van der Waals surface area (Å²) in [5, 5.41) is 0. The largest absolute Gasteiger partial charge is 0.237 e. The summed E-state index contributed by atoms with van der Waals surface area (Å²) in [6.45, 7) is 15.7. The van der Waals surface area contributed by atoms with Crippen LogP contribution < -0.4 is 0 Å². The molecule has 0 spiro atoms. The average Bonchev–Trinajstić information content (AvgIpc) is 2.90. The predicted octanol–water partition coefficient (Wildman–Crippen LogP) is 8.26. The molecule has 0 aliphatic rings. The van der Waals surface area contributed by atoms with Crippen LogP contribution in [0.15, 0.2) is 73.3 Å². The number of rotatable bonds is 2. The standard InChI is InChI=1S/2C11H9FN2.3C2H6/c1-8-3-4-9(12)7-10(8)11-13-5-2-6-14-11;1-8-4-2-5-9(12)10(8)11-13-6-3-7-14-11;3*1-2/h2*2-7H,1H3;3*1-2H3. The van der Waals surface area contributed by atoms with Gasteiger partial charge in [-0.25, -0.2) is 28.7 Å². The maximum atomic E-state index is 13.5. The van der Waals surface area contributed by atoms with Crippen LogP contribution in [0.2, 0.25) is 0 Å². The van der Waals surface area contributed by atoms with Crippen LogP contribution in [0.25, 0.3) is 22.8 Å². The molecule has 2 heterocycles. The number of hydrogen-bond donors (Lipinski definition) is 0. The Morgan fingerprint density at radius 2 is 1.06 bits per heavy atom. The van der Waals surface area contributed by atoms with Gasteiger partial charge in [0.15, 0.2) is 11.6 Å². The molecule has 2 aromatic heterocycles. The lowest BCUT2D eigenvalue weighted by molar-refractivity contribution is 0.627. The third-order valence-corrected chi connectivity index (χ3v) is 4.02. The van der Waals surface area contributed by atoms with Crippen LogP contribution in [-0.2, 0) is 0 Å². The number of benzene rings is 2. The number of aromatic nitrogens is 4. The van der Waals surface area contributed by atoms with Crippen molar-refractivity contribution in [1.82, 2.24) is 19.9 Å². The third kappa shape index (κ3) is 9.53. The fourth-order valence-corrected chi connectivity index (χ4v) is 2.62. The Morgan fingerprint density at radius 3 is 1.56 bits per heavy atom. The van der Waals surface area contributed by atoms with Crippen LogP contribution in [0.4, 0.5) is 8.78 Å². The summed E-state index contributed by atoms with van der Waals surface area (Å²) in [6, 6.07) is 13.0. The highest BCUT2D eigenvalue weighted by atomic mass is 19.1. The van der Waals surface area contributed by atoms with Crippen LogP contribution >= 0.6 is 0 Å². The molecule has 34 heavy (non-hydrogen) atoms. The molecule has 0 aliphatic heterocycles. The Morgan fingerprint density at radius 1 is 0.559 bits per heavy atom. The molecule has 0 saturated carbocycles. The molecule has 182 valence electrons. The summed E-state index contributed by atoms with van der Waals surface area (Å²) in [4.78, 5) is 16.2. The lowest BCUT2D eigenvalue weighted by atomic mass is 10.1. The van der Waals surface area contributed by atoms with Gasteiger partial charge in [-0.3, -0.25) is 0 Å². The monoisotopic (exact) mass is 466 g/mol. The molecule has 2 aromatic carbocycles. The van der Waals surface area contributed by atoms with Crippen molar-refractivity contribution >= 4 is 0 Å². The van der Waals surface area contributed by atoms with Gasteiger partial charge in [0.1, 0.15) is 11.6 Å². The van der Waals surface area contributed by atoms with Crippen molar-refractivity contribution in [1.29, 1.82) is 0 Å². The molecular formula is C28H36F2N4. The Bertz CT molecular complexity index is 1040. The van der Waals surface area contributed by atoms with Crippen molar-refractivity contribution in [3.63, 3.8) is 0 Å². The van der Waals surface area contributed by atoms with Gasteiger partial charge in [0, 0.05) is 30.4 Å². The maximum Gasteiger partial charge on any atom is 0.162 e. The molecule has 6 heteroatoms. The highest BCUT2D eigenvalue weighted by molar-refractivity contribution is 5.60. The van der Waals surface area contributed by atoms with Crippen LogP contribution in [-0.4, -0.2) is 19.9 Å². The first-order valence-corrected chi connectivity index (χ1v) is 11.6. The lowest BCUT2D eigenvalue weighted by Gasteiger charge is -2.04. The van der Waals surface area contributed by atoms with Gasteiger partial charge in [0.2, 0.25) is 0 Å². The van der Waals surface area contributed by atoms with E-state index in [9.17, 15) is 8.78 Å². The van der Waals surface area contributed by atoms with Gasteiger partial charge in [-0.2, -0.15) is 0 Å². The number of aryl methyl sites for hydroxylation is 2. The summed E-state index contributed by atoms with van der Waals surface area (Å²) >= 11 is 0. The van der Waals surface area contributed by atoms with E-state index in [1.54, 1.807) is 49.1 Å². The smallest absolute Gasteiger partial charge is 0.162 e. The molecule has 4 aromatic rings. The fourth-order valence-electron chi connectivity index (χ4n) is 2.62. The van der Waals surface area contributed by atoms with Crippen molar-refractivity contribution < 1.29 is 8.78 Å². The number of hydrogen-bond acceptors (Lipinski definition) is 4. The lowest BCUT2D eigenvalue weighted by Crippen LogP contribution is -1.93. The Balaban J connectivity index is 0.000000526. The van der Waals surface area contributed by atoms with Crippen LogP contribution in [0.3, 0.4) is 0 Å². The summed E-state index contributed by atoms with van der Waals surface area (Å²) in [6.07, 6.45) is 6.50. The van der Waals surface area contributed by atoms with Gasteiger partial charge in [-0.1, -0.05) is 59.7 Å². The summed E-state index contributed by atoms with van der Waals surface area (Å²) < 4.78 is 26.4. The minimum Gasteiger partial charge on any atom is -0.237 e. The van der Waals surface area contributed by atoms with Crippen LogP contribution in [0.5, 0.6) is 0 Å². The van der Waals surface area contributed by atoms with E-state index in [1.807, 2.05) is 61.5 Å². The molecule has 0 radical (unpaired) electrons. The third-order valence-electron chi connectivity index (χ3n) is 4.02. The van der Waals surface area contributed by atoms with Crippen LogP contribution in [0.1, 0.15) is 52.7 Å². The fraction of sp³-hybridized carbons (Fsp3) is 0.286. The van der Waals surface area contributed by atoms with E-state index in [1.165, 1.54) is 18.2 Å². The molecule has 4 nitrogen and oxygen atoms in total. The molecule has 0 amide bonds. The summed E-state index contributed by atoms with van der Waals surface area (Å²) in [5.74, 6) is 0.446. The highest BCUT2D eigenvalue weighted by Crippen LogP contribution is 2.22. The number of halogens is 2. The van der Waals surface area contributed by atoms with E-state index in [0.29, 0.717) is 17.2 Å². The minimum absolute atomic E-state index is 0.266. The van der Waals surface area contributed by atoms with E-state index in [2.05, 4.69) is 19.9 Å². The van der Waals surface area contributed by atoms with E-state index < -0.39 is 0 Å². The summed E-state index contributed by atoms with van der Waals surface area (Å²) in [5.41, 5.74) is 3.03. The first-order valence-electron chi connectivity index (χ1n) is 11.6. The van der Waals surface area contributed by atoms with E-state index in [4.69, 9.17) is 0 Å². The first kappa shape index (κ1) is 30.5. The quantitative estimate of drug-likeness (QED) is 0.298. The van der Waals surface area contributed by atoms with Crippen molar-refractivity contribution in [3.8, 4) is 22.8 Å². The highest BCUT2D eigenvalue weighted by Gasteiger charge is 2.09. The van der Waals surface area contributed by atoms with Crippen molar-refractivity contribution in [2.24, 2.45) is 0 Å². The Kier molecular flexibility index (Phi) is 16.1. The average molecular weight is 467 g/mol. The zero-order valence-corrected chi connectivity index (χ0v) is 21.5. The second kappa shape index (κ2) is 18.0. The van der Waals surface area contributed by atoms with E-state index in [0.717, 1.165) is 16.7 Å².